The van der Waals surface area contributed by atoms with E-state index in [9.17, 15) is 9.90 Å². The lowest BCUT2D eigenvalue weighted by Gasteiger charge is -2.61. The zero-order valence-electron chi connectivity index (χ0n) is 29.3. The summed E-state index contributed by atoms with van der Waals surface area (Å²) in [6.07, 6.45) is 4.92. The van der Waals surface area contributed by atoms with Crippen LogP contribution in [0.25, 0.3) is 21.8 Å². The third kappa shape index (κ3) is 4.36. The fraction of sp³-hybridized carbons (Fsp3) is 0.267. The number of rotatable bonds is 7. The molecule has 4 aliphatic rings. The maximum absolute atomic E-state index is 12.3. The molecule has 0 radical (unpaired) electrons. The topological polar surface area (TPSA) is 73.2 Å². The Balaban J connectivity index is 1.11. The Labute approximate surface area is 302 Å². The second kappa shape index (κ2) is 11.6. The Hall–Kier alpha value is -5.37. The lowest BCUT2D eigenvalue weighted by Crippen LogP contribution is -2.69. The molecule has 1 aromatic heterocycles. The van der Waals surface area contributed by atoms with Crippen molar-refractivity contribution in [3.63, 3.8) is 0 Å². The number of aliphatic hydroxyl groups is 1. The summed E-state index contributed by atoms with van der Waals surface area (Å²) in [5, 5.41) is 14.7. The van der Waals surface area contributed by atoms with Crippen molar-refractivity contribution >= 4 is 27.8 Å². The van der Waals surface area contributed by atoms with Gasteiger partial charge in [-0.25, -0.2) is 0 Å². The van der Waals surface area contributed by atoms with Gasteiger partial charge in [0.25, 0.3) is 0 Å². The van der Waals surface area contributed by atoms with Crippen molar-refractivity contribution < 1.29 is 24.1 Å². The summed E-state index contributed by atoms with van der Waals surface area (Å²) in [7, 11) is 2.21. The van der Waals surface area contributed by atoms with Crippen molar-refractivity contribution in [1.29, 1.82) is 0 Å². The fourth-order valence-corrected chi connectivity index (χ4v) is 10.1. The molecular formula is C45H40N2O5. The van der Waals surface area contributed by atoms with Gasteiger partial charge in [-0.1, -0.05) is 91.0 Å². The number of aromatic nitrogens is 1. The summed E-state index contributed by atoms with van der Waals surface area (Å²) >= 11 is 0. The Morgan fingerprint density at radius 3 is 2.50 bits per heavy atom. The summed E-state index contributed by atoms with van der Waals surface area (Å²) < 4.78 is 21.5. The van der Waals surface area contributed by atoms with E-state index in [4.69, 9.17) is 14.2 Å². The van der Waals surface area contributed by atoms with Gasteiger partial charge in [0.15, 0.2) is 17.1 Å². The molecule has 52 heavy (non-hydrogen) atoms. The van der Waals surface area contributed by atoms with Crippen LogP contribution in [0.15, 0.2) is 121 Å². The molecule has 1 spiro atoms. The molecule has 2 bridgehead atoms. The van der Waals surface area contributed by atoms with Gasteiger partial charge in [0.2, 0.25) is 0 Å². The number of hydrogen-bond acceptors (Lipinski definition) is 6. The number of hydrogen-bond donors (Lipinski definition) is 1. The van der Waals surface area contributed by atoms with Crippen LogP contribution in [0.3, 0.4) is 0 Å². The van der Waals surface area contributed by atoms with Crippen LogP contribution in [-0.2, 0) is 35.4 Å². The van der Waals surface area contributed by atoms with Gasteiger partial charge in [-0.05, 0) is 73.5 Å². The Kier molecular flexibility index (Phi) is 6.98. The minimum atomic E-state index is -1.12. The minimum absolute atomic E-state index is 0.111. The Morgan fingerprint density at radius 1 is 0.885 bits per heavy atom. The van der Waals surface area contributed by atoms with Crippen LogP contribution in [0.5, 0.6) is 17.2 Å². The van der Waals surface area contributed by atoms with Crippen LogP contribution < -0.4 is 14.2 Å². The smallest absolute Gasteiger partial charge is 0.308 e. The molecule has 0 saturated carbocycles. The van der Waals surface area contributed by atoms with E-state index in [-0.39, 0.29) is 12.0 Å². The first-order chi connectivity index (χ1) is 25.4. The van der Waals surface area contributed by atoms with Crippen LogP contribution in [-0.4, -0.2) is 46.3 Å². The maximum Gasteiger partial charge on any atom is 0.308 e. The van der Waals surface area contributed by atoms with Crippen LogP contribution in [0, 0.1) is 5.92 Å². The lowest BCUT2D eigenvalue weighted by molar-refractivity contribution is -0.133. The van der Waals surface area contributed by atoms with Crippen molar-refractivity contribution in [1.82, 2.24) is 9.47 Å². The van der Waals surface area contributed by atoms with E-state index in [0.717, 1.165) is 63.8 Å². The maximum atomic E-state index is 12.3. The van der Waals surface area contributed by atoms with Gasteiger partial charge in [0, 0.05) is 58.4 Å². The number of nitrogens with zero attached hydrogens (tertiary/aromatic N) is 2. The molecule has 0 amide bonds. The molecule has 2 aliphatic heterocycles. The van der Waals surface area contributed by atoms with E-state index in [2.05, 4.69) is 95.4 Å². The van der Waals surface area contributed by atoms with E-state index in [1.54, 1.807) is 0 Å². The second-order valence-corrected chi connectivity index (χ2v) is 14.9. The molecule has 7 nitrogen and oxygen atoms in total. The van der Waals surface area contributed by atoms with Gasteiger partial charge in [-0.2, -0.15) is 0 Å². The molecule has 2 aliphatic carbocycles. The number of likely N-dealkylation sites (tertiary alicyclic amines) is 1. The van der Waals surface area contributed by atoms with Crippen molar-refractivity contribution in [2.75, 3.05) is 13.6 Å². The van der Waals surface area contributed by atoms with Crippen LogP contribution >= 0.6 is 0 Å². The minimum Gasteiger partial charge on any atom is -0.489 e. The van der Waals surface area contributed by atoms with E-state index >= 15 is 0 Å². The number of piperidine rings is 1. The third-order valence-corrected chi connectivity index (χ3v) is 12.3. The SMILES string of the molecule is CC(=O)Oc1ccc2c3c1O[C@@]1(c4ccc5c6ccccc6n(Cc6ccc(OCc7ccccc7)cc6)c5c4)[C@@H](O)C=C[C@H]4[C@@H](C2)N(C)CC[C@@]341. The fourth-order valence-electron chi connectivity index (χ4n) is 10.1. The molecule has 5 aromatic carbocycles. The average Bonchev–Trinajstić information content (AvgIpc) is 3.65. The second-order valence-electron chi connectivity index (χ2n) is 14.9. The zero-order chi connectivity index (χ0) is 35.2. The molecule has 1 saturated heterocycles. The van der Waals surface area contributed by atoms with E-state index in [1.165, 1.54) is 17.9 Å². The quantitative estimate of drug-likeness (QED) is 0.105. The molecule has 6 aromatic rings. The highest BCUT2D eigenvalue weighted by Gasteiger charge is 2.72. The first-order valence-corrected chi connectivity index (χ1v) is 18.2. The average molecular weight is 689 g/mol. The number of benzene rings is 5. The highest BCUT2D eigenvalue weighted by atomic mass is 16.6. The number of aliphatic hydroxyl groups excluding tert-OH is 1. The van der Waals surface area contributed by atoms with Crippen LogP contribution in [0.1, 0.15) is 41.2 Å². The molecule has 1 fully saturated rings. The van der Waals surface area contributed by atoms with Gasteiger partial charge in [0.05, 0.1) is 5.41 Å². The molecule has 3 heterocycles. The van der Waals surface area contributed by atoms with E-state index in [0.29, 0.717) is 24.7 Å². The molecular weight excluding hydrogens is 649 g/mol. The normalized spacial score (nSPS) is 25.6. The highest BCUT2D eigenvalue weighted by Crippen LogP contribution is 2.69. The van der Waals surface area contributed by atoms with E-state index < -0.39 is 23.1 Å². The van der Waals surface area contributed by atoms with Crippen LogP contribution in [0.4, 0.5) is 0 Å². The number of ether oxygens (including phenoxy) is 3. The molecule has 7 heteroatoms. The predicted octanol–water partition coefficient (Wildman–Crippen LogP) is 7.68. The number of fused-ring (bicyclic) bond motifs is 3. The van der Waals surface area contributed by atoms with Gasteiger partial charge >= 0.3 is 5.97 Å². The van der Waals surface area contributed by atoms with Crippen molar-refractivity contribution in [3.8, 4) is 17.2 Å². The van der Waals surface area contributed by atoms with E-state index in [1.807, 2.05) is 42.5 Å². The molecule has 10 rings (SSSR count). The summed E-state index contributed by atoms with van der Waals surface area (Å²) in [6, 6.07) is 37.9. The van der Waals surface area contributed by atoms with Crippen molar-refractivity contribution in [3.05, 3.63) is 149 Å². The largest absolute Gasteiger partial charge is 0.489 e. The summed E-state index contributed by atoms with van der Waals surface area (Å²) in [5.41, 5.74) is 6.07. The number of esters is 1. The van der Waals surface area contributed by atoms with Gasteiger partial charge in [0.1, 0.15) is 18.5 Å². The zero-order valence-corrected chi connectivity index (χ0v) is 29.3. The highest BCUT2D eigenvalue weighted by molar-refractivity contribution is 6.08. The lowest BCUT2D eigenvalue weighted by atomic mass is 9.47. The molecule has 5 atom stereocenters. The Bertz CT molecular complexity index is 2420. The number of likely N-dealkylation sites (N-methyl/N-ethyl adjacent to an activating group) is 1. The standard InChI is InChI=1S/C45H40N2O5/c1-28(48)51-40-20-14-31-24-39-36-19-21-41(49)45(44(36,22-23-46(39)2)42(31)43(40)52-45)32-15-18-35-34-10-6-7-11-37(34)47(38(35)25-32)26-29-12-16-33(17-13-29)50-27-30-8-4-3-5-9-30/h3-21,25,36,39,41,49H,22-24,26-27H2,1-2H3/t36-,39+,41-,44-,45-/m0/s1. The Morgan fingerprint density at radius 2 is 1.67 bits per heavy atom. The summed E-state index contributed by atoms with van der Waals surface area (Å²) in [6.45, 7) is 3.47. The monoisotopic (exact) mass is 688 g/mol. The van der Waals surface area contributed by atoms with Gasteiger partial charge in [-0.15, -0.1) is 0 Å². The summed E-state index contributed by atoms with van der Waals surface area (Å²) in [5.74, 6) is 1.57. The van der Waals surface area contributed by atoms with Crippen molar-refractivity contribution in [2.24, 2.45) is 5.92 Å². The van der Waals surface area contributed by atoms with Gasteiger partial charge in [-0.3, -0.25) is 4.79 Å². The molecule has 260 valence electrons. The number of carbonyl (C=O) groups excluding carboxylic acids is 1. The van der Waals surface area contributed by atoms with Gasteiger partial charge < -0.3 is 28.8 Å². The summed E-state index contributed by atoms with van der Waals surface area (Å²) in [4.78, 5) is 14.8. The number of carbonyl (C=O) groups is 1. The predicted molar refractivity (Wildman–Crippen MR) is 201 cm³/mol. The van der Waals surface area contributed by atoms with Crippen LogP contribution in [0.2, 0.25) is 0 Å². The molecule has 1 N–H and O–H groups in total. The number of para-hydroxylation sites is 1. The molecule has 0 unspecified atom stereocenters. The third-order valence-electron chi connectivity index (χ3n) is 12.3. The first kappa shape index (κ1) is 31.4. The first-order valence-electron chi connectivity index (χ1n) is 18.2. The van der Waals surface area contributed by atoms with Crippen molar-refractivity contribution in [2.45, 2.75) is 56.1 Å².